The summed E-state index contributed by atoms with van der Waals surface area (Å²) >= 11 is 6.21. The number of nitrogens with one attached hydrogen (secondary N) is 2. The Morgan fingerprint density at radius 1 is 1.55 bits per heavy atom. The second-order valence-corrected chi connectivity index (χ2v) is 5.64. The van der Waals surface area contributed by atoms with Crippen molar-refractivity contribution in [2.24, 2.45) is 4.99 Å². The average Bonchev–Trinajstić information content (AvgIpc) is 2.95. The van der Waals surface area contributed by atoms with E-state index in [2.05, 4.69) is 32.4 Å². The van der Waals surface area contributed by atoms with Crippen LogP contribution < -0.4 is 15.5 Å². The van der Waals surface area contributed by atoms with E-state index in [1.165, 1.54) is 6.42 Å². The lowest BCUT2D eigenvalue weighted by molar-refractivity contribution is 0.641. The number of aromatic nitrogens is 1. The topological polar surface area (TPSA) is 52.6 Å². The van der Waals surface area contributed by atoms with Crippen molar-refractivity contribution < 1.29 is 0 Å². The molecular weight excluding hydrogens is 413 g/mol. The number of unbranched alkanes of at least 4 members (excludes halogenated alkanes) is 1. The predicted molar refractivity (Wildman–Crippen MR) is 105 cm³/mol. The zero-order valence-corrected chi connectivity index (χ0v) is 16.3. The van der Waals surface area contributed by atoms with Crippen LogP contribution in [0.4, 0.5) is 5.82 Å². The van der Waals surface area contributed by atoms with Crippen molar-refractivity contribution in [2.75, 3.05) is 31.6 Å². The van der Waals surface area contributed by atoms with E-state index in [1.54, 1.807) is 6.20 Å². The minimum atomic E-state index is 0. The van der Waals surface area contributed by atoms with Gasteiger partial charge in [0.1, 0.15) is 5.82 Å². The third kappa shape index (κ3) is 5.46. The van der Waals surface area contributed by atoms with Crippen LogP contribution in [-0.4, -0.2) is 43.7 Å². The summed E-state index contributed by atoms with van der Waals surface area (Å²) in [5.41, 5.74) is 0. The number of guanidine groups is 1. The molecule has 5 nitrogen and oxygen atoms in total. The first-order valence-electron chi connectivity index (χ1n) is 7.57. The van der Waals surface area contributed by atoms with Crippen molar-refractivity contribution in [2.45, 2.75) is 32.2 Å². The summed E-state index contributed by atoms with van der Waals surface area (Å²) in [5.74, 6) is 1.75. The maximum absolute atomic E-state index is 6.21. The van der Waals surface area contributed by atoms with Gasteiger partial charge in [0.2, 0.25) is 0 Å². The SMILES string of the molecule is CCCCNC(=NC)NC1CCN(c2ncccc2Cl)C1.I. The van der Waals surface area contributed by atoms with Crippen molar-refractivity contribution in [1.82, 2.24) is 15.6 Å². The van der Waals surface area contributed by atoms with Crippen LogP contribution in [0.15, 0.2) is 23.3 Å². The molecule has 0 radical (unpaired) electrons. The normalized spacial score (nSPS) is 18.0. The van der Waals surface area contributed by atoms with Gasteiger partial charge in [0.05, 0.1) is 5.02 Å². The molecule has 1 fully saturated rings. The third-order valence-electron chi connectivity index (χ3n) is 3.61. The highest BCUT2D eigenvalue weighted by molar-refractivity contribution is 14.0. The molecule has 0 amide bonds. The highest BCUT2D eigenvalue weighted by Gasteiger charge is 2.25. The average molecular weight is 438 g/mol. The number of anilines is 1. The molecule has 0 aliphatic carbocycles. The summed E-state index contributed by atoms with van der Waals surface area (Å²) in [7, 11) is 1.81. The van der Waals surface area contributed by atoms with Crippen LogP contribution in [0.1, 0.15) is 26.2 Å². The molecule has 7 heteroatoms. The van der Waals surface area contributed by atoms with Gasteiger partial charge in [0, 0.05) is 38.9 Å². The van der Waals surface area contributed by atoms with Gasteiger partial charge in [-0.05, 0) is 25.0 Å². The number of aliphatic imine (C=N–C) groups is 1. The monoisotopic (exact) mass is 437 g/mol. The Bertz CT molecular complexity index is 483. The molecule has 22 heavy (non-hydrogen) atoms. The Hall–Kier alpha value is -0.760. The van der Waals surface area contributed by atoms with Gasteiger partial charge in [-0.25, -0.2) is 4.98 Å². The van der Waals surface area contributed by atoms with E-state index in [1.807, 2.05) is 19.2 Å². The van der Waals surface area contributed by atoms with Gasteiger partial charge in [-0.1, -0.05) is 24.9 Å². The maximum atomic E-state index is 6.21. The minimum Gasteiger partial charge on any atom is -0.356 e. The summed E-state index contributed by atoms with van der Waals surface area (Å²) in [4.78, 5) is 10.9. The highest BCUT2D eigenvalue weighted by atomic mass is 127. The molecular formula is C15H25ClIN5. The van der Waals surface area contributed by atoms with E-state index in [0.29, 0.717) is 11.1 Å². The summed E-state index contributed by atoms with van der Waals surface area (Å²) in [6, 6.07) is 4.11. The number of pyridine rings is 1. The van der Waals surface area contributed by atoms with E-state index in [-0.39, 0.29) is 24.0 Å². The van der Waals surface area contributed by atoms with E-state index < -0.39 is 0 Å². The smallest absolute Gasteiger partial charge is 0.191 e. The first-order valence-corrected chi connectivity index (χ1v) is 7.95. The zero-order chi connectivity index (χ0) is 15.1. The van der Waals surface area contributed by atoms with Crippen LogP contribution in [0.2, 0.25) is 5.02 Å². The van der Waals surface area contributed by atoms with E-state index >= 15 is 0 Å². The molecule has 1 saturated heterocycles. The fourth-order valence-electron chi connectivity index (χ4n) is 2.45. The molecule has 1 aromatic rings. The van der Waals surface area contributed by atoms with Gasteiger partial charge in [0.25, 0.3) is 0 Å². The van der Waals surface area contributed by atoms with Gasteiger partial charge in [-0.2, -0.15) is 0 Å². The van der Waals surface area contributed by atoms with E-state index in [9.17, 15) is 0 Å². The Morgan fingerprint density at radius 3 is 3.05 bits per heavy atom. The first-order chi connectivity index (χ1) is 10.2. The molecule has 1 unspecified atom stereocenters. The standard InChI is InChI=1S/C15H24ClN5.HI/c1-3-4-8-19-15(17-2)20-12-7-10-21(11-12)14-13(16)6-5-9-18-14;/h5-6,9,12H,3-4,7-8,10-11H2,1-2H3,(H2,17,19,20);1H. The third-order valence-corrected chi connectivity index (χ3v) is 3.91. The molecule has 124 valence electrons. The second-order valence-electron chi connectivity index (χ2n) is 5.24. The lowest BCUT2D eigenvalue weighted by Gasteiger charge is -2.20. The van der Waals surface area contributed by atoms with Crippen molar-refractivity contribution >= 4 is 47.4 Å². The fourth-order valence-corrected chi connectivity index (χ4v) is 2.69. The quantitative estimate of drug-likeness (QED) is 0.322. The molecule has 0 aromatic carbocycles. The summed E-state index contributed by atoms with van der Waals surface area (Å²) in [6.45, 7) is 4.99. The van der Waals surface area contributed by atoms with Crippen LogP contribution in [0.3, 0.4) is 0 Å². The van der Waals surface area contributed by atoms with E-state index in [4.69, 9.17) is 11.6 Å². The zero-order valence-electron chi connectivity index (χ0n) is 13.2. The highest BCUT2D eigenvalue weighted by Crippen LogP contribution is 2.25. The first kappa shape index (κ1) is 19.3. The minimum absolute atomic E-state index is 0. The Kier molecular flexibility index (Phi) is 8.85. The van der Waals surface area contributed by atoms with Crippen LogP contribution >= 0.6 is 35.6 Å². The molecule has 1 aliphatic rings. The maximum Gasteiger partial charge on any atom is 0.191 e. The lowest BCUT2D eigenvalue weighted by atomic mass is 10.3. The van der Waals surface area contributed by atoms with E-state index in [0.717, 1.165) is 44.3 Å². The predicted octanol–water partition coefficient (Wildman–Crippen LogP) is 2.90. The Labute approximate surface area is 154 Å². The Morgan fingerprint density at radius 2 is 2.36 bits per heavy atom. The van der Waals surface area contributed by atoms with Crippen molar-refractivity contribution in [3.63, 3.8) is 0 Å². The summed E-state index contributed by atoms with van der Waals surface area (Å²) in [6.07, 6.45) is 5.18. The van der Waals surface area contributed by atoms with Crippen LogP contribution in [0, 0.1) is 0 Å². The molecule has 0 spiro atoms. The van der Waals surface area contributed by atoms with Crippen LogP contribution in [-0.2, 0) is 0 Å². The molecule has 1 aliphatic heterocycles. The van der Waals surface area contributed by atoms with Crippen LogP contribution in [0.25, 0.3) is 0 Å². The summed E-state index contributed by atoms with van der Waals surface area (Å²) in [5, 5.41) is 7.52. The van der Waals surface area contributed by atoms with Crippen molar-refractivity contribution in [1.29, 1.82) is 0 Å². The number of halogens is 2. The largest absolute Gasteiger partial charge is 0.356 e. The van der Waals surface area contributed by atoms with Crippen LogP contribution in [0.5, 0.6) is 0 Å². The molecule has 0 bridgehead atoms. The van der Waals surface area contributed by atoms with Gasteiger partial charge in [-0.3, -0.25) is 4.99 Å². The number of nitrogens with zero attached hydrogens (tertiary/aromatic N) is 3. The molecule has 1 aromatic heterocycles. The van der Waals surface area contributed by atoms with Gasteiger partial charge >= 0.3 is 0 Å². The lowest BCUT2D eigenvalue weighted by Crippen LogP contribution is -2.44. The Balaban J connectivity index is 0.00000242. The van der Waals surface area contributed by atoms with Gasteiger partial charge < -0.3 is 15.5 Å². The molecule has 2 heterocycles. The van der Waals surface area contributed by atoms with Crippen molar-refractivity contribution in [3.05, 3.63) is 23.4 Å². The molecule has 1 atom stereocenters. The molecule has 2 rings (SSSR count). The molecule has 2 N–H and O–H groups in total. The van der Waals surface area contributed by atoms with Gasteiger partial charge in [0.15, 0.2) is 5.96 Å². The second kappa shape index (κ2) is 10.1. The van der Waals surface area contributed by atoms with Crippen molar-refractivity contribution in [3.8, 4) is 0 Å². The number of hydrogen-bond acceptors (Lipinski definition) is 3. The fraction of sp³-hybridized carbons (Fsp3) is 0.600. The molecule has 0 saturated carbocycles. The number of rotatable bonds is 5. The summed E-state index contributed by atoms with van der Waals surface area (Å²) < 4.78 is 0. The van der Waals surface area contributed by atoms with Gasteiger partial charge in [-0.15, -0.1) is 24.0 Å². The number of hydrogen-bond donors (Lipinski definition) is 2.